The van der Waals surface area contributed by atoms with Crippen LogP contribution in [0, 0.1) is 17.1 Å². The Labute approximate surface area is 187 Å². The molecule has 1 aromatic heterocycles. The number of rotatable bonds is 3. The van der Waals surface area contributed by atoms with E-state index in [2.05, 4.69) is 4.98 Å². The van der Waals surface area contributed by atoms with Crippen LogP contribution in [0.15, 0.2) is 84.6 Å². The number of aromatic amines is 1. The van der Waals surface area contributed by atoms with E-state index in [1.54, 1.807) is 30.5 Å². The number of nitrogens with one attached hydrogen (secondary N) is 1. The summed E-state index contributed by atoms with van der Waals surface area (Å²) in [5.74, 6) is -2.46. The molecule has 1 aliphatic heterocycles. The lowest BCUT2D eigenvalue weighted by Crippen LogP contribution is -2.29. The largest absolute Gasteiger partial charge is 0.507 e. The highest BCUT2D eigenvalue weighted by Crippen LogP contribution is 2.43. The molecule has 1 atom stereocenters. The number of aromatic nitrogens is 1. The second-order valence-corrected chi connectivity index (χ2v) is 7.63. The molecular weight excluding hydrogens is 421 g/mol. The SMILES string of the molecule is N#Cc1ccc(N2C(=O)C(=O)/C(=C(\O)c3c[nH]c4ccccc34)C2c2ccc(F)cc2)cc1. The molecule has 2 heterocycles. The Kier molecular flexibility index (Phi) is 4.76. The third-order valence-electron chi connectivity index (χ3n) is 5.75. The number of Topliss-reactive ketones (excluding diaryl/α,β-unsaturated/α-hetero) is 1. The van der Waals surface area contributed by atoms with Crippen molar-refractivity contribution in [3.8, 4) is 6.07 Å². The third kappa shape index (κ3) is 3.25. The topological polar surface area (TPSA) is 97.2 Å². The van der Waals surface area contributed by atoms with Gasteiger partial charge in [0.1, 0.15) is 11.6 Å². The van der Waals surface area contributed by atoms with E-state index in [0.717, 1.165) is 5.52 Å². The molecule has 5 rings (SSSR count). The van der Waals surface area contributed by atoms with Crippen molar-refractivity contribution in [2.45, 2.75) is 6.04 Å². The van der Waals surface area contributed by atoms with Crippen LogP contribution in [0.3, 0.4) is 0 Å². The predicted molar refractivity (Wildman–Crippen MR) is 121 cm³/mol. The first-order chi connectivity index (χ1) is 16.0. The van der Waals surface area contributed by atoms with Crippen LogP contribution in [0.5, 0.6) is 0 Å². The van der Waals surface area contributed by atoms with Crippen molar-refractivity contribution < 1.29 is 19.1 Å². The molecule has 6 nitrogen and oxygen atoms in total. The van der Waals surface area contributed by atoms with Crippen LogP contribution in [0.4, 0.5) is 10.1 Å². The first-order valence-electron chi connectivity index (χ1n) is 10.1. The van der Waals surface area contributed by atoms with E-state index < -0.39 is 23.5 Å². The molecule has 0 radical (unpaired) electrons. The van der Waals surface area contributed by atoms with Crippen LogP contribution in [-0.4, -0.2) is 21.8 Å². The van der Waals surface area contributed by atoms with Gasteiger partial charge >= 0.3 is 0 Å². The zero-order valence-electron chi connectivity index (χ0n) is 17.1. The summed E-state index contributed by atoms with van der Waals surface area (Å²) >= 11 is 0. The smallest absolute Gasteiger partial charge is 0.300 e. The number of hydrogen-bond donors (Lipinski definition) is 2. The highest BCUT2D eigenvalue weighted by atomic mass is 19.1. The number of hydrogen-bond acceptors (Lipinski definition) is 4. The van der Waals surface area contributed by atoms with E-state index in [-0.39, 0.29) is 11.3 Å². The molecule has 0 saturated carbocycles. The summed E-state index contributed by atoms with van der Waals surface area (Å²) in [5, 5.41) is 21.1. The maximum Gasteiger partial charge on any atom is 0.300 e. The maximum absolute atomic E-state index is 13.6. The quantitative estimate of drug-likeness (QED) is 0.273. The van der Waals surface area contributed by atoms with Crippen molar-refractivity contribution in [2.75, 3.05) is 4.90 Å². The van der Waals surface area contributed by atoms with E-state index in [1.165, 1.54) is 41.3 Å². The van der Waals surface area contributed by atoms with Crippen molar-refractivity contribution in [3.05, 3.63) is 107 Å². The normalized spacial score (nSPS) is 17.5. The summed E-state index contributed by atoms with van der Waals surface area (Å²) in [6.45, 7) is 0. The molecule has 2 N–H and O–H groups in total. The molecule has 1 fully saturated rings. The Bertz CT molecular complexity index is 1480. The molecule has 1 amide bonds. The van der Waals surface area contributed by atoms with Crippen LogP contribution >= 0.6 is 0 Å². The van der Waals surface area contributed by atoms with Gasteiger partial charge in [-0.05, 0) is 48.0 Å². The van der Waals surface area contributed by atoms with Gasteiger partial charge in [-0.25, -0.2) is 4.39 Å². The number of aliphatic hydroxyl groups excluding tert-OH is 1. The number of nitrogens with zero attached hydrogens (tertiary/aromatic N) is 2. The highest BCUT2D eigenvalue weighted by Gasteiger charge is 2.47. The number of ketones is 1. The highest BCUT2D eigenvalue weighted by molar-refractivity contribution is 6.51. The van der Waals surface area contributed by atoms with Gasteiger partial charge in [0.05, 0.1) is 23.2 Å². The van der Waals surface area contributed by atoms with E-state index >= 15 is 0 Å². The van der Waals surface area contributed by atoms with Crippen molar-refractivity contribution in [2.24, 2.45) is 0 Å². The molecule has 0 aliphatic carbocycles. The van der Waals surface area contributed by atoms with E-state index in [4.69, 9.17) is 5.26 Å². The molecule has 3 aromatic carbocycles. The lowest BCUT2D eigenvalue weighted by molar-refractivity contribution is -0.132. The van der Waals surface area contributed by atoms with Gasteiger partial charge in [0.2, 0.25) is 0 Å². The number of halogens is 1. The number of carbonyl (C=O) groups is 2. The molecule has 4 aromatic rings. The van der Waals surface area contributed by atoms with Gasteiger partial charge < -0.3 is 10.1 Å². The van der Waals surface area contributed by atoms with Gasteiger partial charge in [0.25, 0.3) is 11.7 Å². The lowest BCUT2D eigenvalue weighted by Gasteiger charge is -2.25. The summed E-state index contributed by atoms with van der Waals surface area (Å²) in [5.41, 5.74) is 2.28. The number of benzene rings is 3. The standard InChI is InChI=1S/C26H16FN3O3/c27-17-9-7-16(8-10-17)23-22(24(31)20-14-29-21-4-2-1-3-19(20)21)25(32)26(33)30(23)18-11-5-15(13-28)6-12-18/h1-12,14,23,29,31H/b24-22-. The molecule has 1 aliphatic rings. The first kappa shape index (κ1) is 20.2. The van der Waals surface area contributed by atoms with Gasteiger partial charge in [-0.2, -0.15) is 5.26 Å². The van der Waals surface area contributed by atoms with Gasteiger partial charge in [0.15, 0.2) is 0 Å². The van der Waals surface area contributed by atoms with Gasteiger partial charge in [-0.3, -0.25) is 14.5 Å². The zero-order chi connectivity index (χ0) is 23.1. The Morgan fingerprint density at radius 3 is 2.39 bits per heavy atom. The predicted octanol–water partition coefficient (Wildman–Crippen LogP) is 4.80. The number of para-hydroxylation sites is 1. The molecule has 0 spiro atoms. The summed E-state index contributed by atoms with van der Waals surface area (Å²) in [4.78, 5) is 30.6. The molecule has 7 heteroatoms. The Hall–Kier alpha value is -4.70. The minimum absolute atomic E-state index is 0.0966. The maximum atomic E-state index is 13.6. The van der Waals surface area contributed by atoms with Crippen molar-refractivity contribution >= 4 is 34.0 Å². The summed E-state index contributed by atoms with van der Waals surface area (Å²) < 4.78 is 13.6. The third-order valence-corrected chi connectivity index (χ3v) is 5.75. The van der Waals surface area contributed by atoms with Crippen LogP contribution in [0.1, 0.15) is 22.7 Å². The monoisotopic (exact) mass is 437 g/mol. The summed E-state index contributed by atoms with van der Waals surface area (Å²) in [6, 6.07) is 19.9. The van der Waals surface area contributed by atoms with Crippen LogP contribution in [0.25, 0.3) is 16.7 Å². The molecule has 33 heavy (non-hydrogen) atoms. The van der Waals surface area contributed by atoms with Gasteiger partial charge in [-0.15, -0.1) is 0 Å². The van der Waals surface area contributed by atoms with Crippen LogP contribution in [-0.2, 0) is 9.59 Å². The molecule has 160 valence electrons. The minimum atomic E-state index is -0.979. The number of carbonyl (C=O) groups excluding carboxylic acids is 2. The molecular formula is C26H16FN3O3. The minimum Gasteiger partial charge on any atom is -0.507 e. The van der Waals surface area contributed by atoms with E-state index in [9.17, 15) is 19.1 Å². The Morgan fingerprint density at radius 1 is 1.00 bits per heavy atom. The zero-order valence-corrected chi connectivity index (χ0v) is 17.1. The fourth-order valence-electron chi connectivity index (χ4n) is 4.17. The number of aliphatic hydroxyl groups is 1. The molecule has 0 bridgehead atoms. The van der Waals surface area contributed by atoms with E-state index in [1.807, 2.05) is 18.2 Å². The average Bonchev–Trinajstić information content (AvgIpc) is 3.38. The summed E-state index contributed by atoms with van der Waals surface area (Å²) in [7, 11) is 0. The lowest BCUT2D eigenvalue weighted by atomic mass is 9.95. The molecule has 1 saturated heterocycles. The van der Waals surface area contributed by atoms with Crippen molar-refractivity contribution in [1.82, 2.24) is 4.98 Å². The number of fused-ring (bicyclic) bond motifs is 1. The Balaban J connectivity index is 1.74. The van der Waals surface area contributed by atoms with Crippen molar-refractivity contribution in [3.63, 3.8) is 0 Å². The van der Waals surface area contributed by atoms with Crippen molar-refractivity contribution in [1.29, 1.82) is 5.26 Å². The van der Waals surface area contributed by atoms with Crippen LogP contribution < -0.4 is 4.90 Å². The second-order valence-electron chi connectivity index (χ2n) is 7.63. The average molecular weight is 437 g/mol. The van der Waals surface area contributed by atoms with Gasteiger partial charge in [0, 0.05) is 28.4 Å². The molecule has 1 unspecified atom stereocenters. The van der Waals surface area contributed by atoms with Crippen LogP contribution in [0.2, 0.25) is 0 Å². The fourth-order valence-corrected chi connectivity index (χ4v) is 4.17. The number of H-pyrrole nitrogens is 1. The Morgan fingerprint density at radius 2 is 1.70 bits per heavy atom. The van der Waals surface area contributed by atoms with Gasteiger partial charge in [-0.1, -0.05) is 30.3 Å². The number of nitriles is 1. The first-order valence-corrected chi connectivity index (χ1v) is 10.1. The summed E-state index contributed by atoms with van der Waals surface area (Å²) in [6.07, 6.45) is 1.58. The second kappa shape index (κ2) is 7.77. The number of anilines is 1. The van der Waals surface area contributed by atoms with E-state index in [0.29, 0.717) is 27.8 Å². The number of amides is 1. The fraction of sp³-hybridized carbons (Fsp3) is 0.0385.